The molecule has 0 aromatic heterocycles. The largest absolute Gasteiger partial charge is 0.396 e. The molecule has 4 heteroatoms. The van der Waals surface area contributed by atoms with E-state index in [2.05, 4.69) is 19.2 Å². The Morgan fingerprint density at radius 2 is 2.33 bits per heavy atom. The van der Waals surface area contributed by atoms with Gasteiger partial charge in [-0.1, -0.05) is 0 Å². The first-order valence-corrected chi connectivity index (χ1v) is 5.60. The number of rotatable bonds is 6. The minimum atomic E-state index is -0.157. The van der Waals surface area contributed by atoms with E-state index in [0.29, 0.717) is 19.1 Å². The highest BCUT2D eigenvalue weighted by atomic mass is 16.5. The predicted molar refractivity (Wildman–Crippen MR) is 58.9 cm³/mol. The van der Waals surface area contributed by atoms with Gasteiger partial charge < -0.3 is 19.9 Å². The van der Waals surface area contributed by atoms with Crippen LogP contribution in [0.3, 0.4) is 0 Å². The van der Waals surface area contributed by atoms with Gasteiger partial charge in [-0.15, -0.1) is 0 Å². The summed E-state index contributed by atoms with van der Waals surface area (Å²) in [5, 5.41) is 12.6. The molecule has 1 saturated heterocycles. The fourth-order valence-corrected chi connectivity index (χ4v) is 2.12. The summed E-state index contributed by atoms with van der Waals surface area (Å²) in [4.78, 5) is 0. The maximum atomic E-state index is 9.04. The maximum absolute atomic E-state index is 9.04. The lowest BCUT2D eigenvalue weighted by Crippen LogP contribution is -2.53. The molecule has 0 amide bonds. The van der Waals surface area contributed by atoms with Crippen LogP contribution in [0.25, 0.3) is 0 Å². The zero-order chi connectivity index (χ0) is 11.3. The van der Waals surface area contributed by atoms with Gasteiger partial charge in [0.2, 0.25) is 0 Å². The first-order chi connectivity index (χ1) is 7.11. The van der Waals surface area contributed by atoms with Crippen molar-refractivity contribution in [3.8, 4) is 0 Å². The molecule has 0 bridgehead atoms. The number of methoxy groups -OCH3 is 1. The Labute approximate surface area is 92.0 Å². The minimum absolute atomic E-state index is 0.157. The van der Waals surface area contributed by atoms with Crippen LogP contribution in [0.4, 0.5) is 0 Å². The van der Waals surface area contributed by atoms with Crippen molar-refractivity contribution >= 4 is 0 Å². The first-order valence-electron chi connectivity index (χ1n) is 5.60. The van der Waals surface area contributed by atoms with Crippen LogP contribution in [0, 0.1) is 0 Å². The summed E-state index contributed by atoms with van der Waals surface area (Å²) in [6.45, 7) is 5.77. The zero-order valence-corrected chi connectivity index (χ0v) is 9.95. The van der Waals surface area contributed by atoms with Gasteiger partial charge in [0, 0.05) is 31.9 Å². The van der Waals surface area contributed by atoms with Crippen molar-refractivity contribution in [2.45, 2.75) is 44.4 Å². The van der Waals surface area contributed by atoms with Crippen LogP contribution in [0.5, 0.6) is 0 Å². The lowest BCUT2D eigenvalue weighted by atomic mass is 9.96. The standard InChI is InChI=1S/C11H23NO3/c1-9-10(4-7-15-9)12-11(2,5-6-13)8-14-3/h9-10,12-13H,4-8H2,1-3H3. The fraction of sp³-hybridized carbons (Fsp3) is 1.00. The number of aliphatic hydroxyl groups excluding tert-OH is 1. The molecule has 3 atom stereocenters. The molecule has 0 aromatic rings. The third-order valence-corrected chi connectivity index (χ3v) is 3.04. The third kappa shape index (κ3) is 3.72. The van der Waals surface area contributed by atoms with Gasteiger partial charge >= 0.3 is 0 Å². The van der Waals surface area contributed by atoms with Gasteiger partial charge in [0.05, 0.1) is 12.7 Å². The molecule has 1 rings (SSSR count). The average Bonchev–Trinajstić information content (AvgIpc) is 2.52. The smallest absolute Gasteiger partial charge is 0.0700 e. The molecule has 1 aliphatic rings. The Bertz CT molecular complexity index is 181. The topological polar surface area (TPSA) is 50.7 Å². The van der Waals surface area contributed by atoms with Gasteiger partial charge in [0.25, 0.3) is 0 Å². The maximum Gasteiger partial charge on any atom is 0.0700 e. The summed E-state index contributed by atoms with van der Waals surface area (Å²) in [7, 11) is 1.69. The van der Waals surface area contributed by atoms with Crippen molar-refractivity contribution in [1.29, 1.82) is 0 Å². The molecule has 4 nitrogen and oxygen atoms in total. The molecule has 1 aliphatic heterocycles. The van der Waals surface area contributed by atoms with Crippen LogP contribution in [0.1, 0.15) is 26.7 Å². The Kier molecular flexibility index (Phi) is 4.99. The van der Waals surface area contributed by atoms with Gasteiger partial charge in [0.15, 0.2) is 0 Å². The zero-order valence-electron chi connectivity index (χ0n) is 9.95. The summed E-state index contributed by atoms with van der Waals surface area (Å²) >= 11 is 0. The number of hydrogen-bond donors (Lipinski definition) is 2. The molecule has 0 aromatic carbocycles. The highest BCUT2D eigenvalue weighted by Gasteiger charge is 2.32. The molecule has 90 valence electrons. The second-order valence-electron chi connectivity index (χ2n) is 4.58. The number of ether oxygens (including phenoxy) is 2. The Morgan fingerprint density at radius 1 is 1.60 bits per heavy atom. The van der Waals surface area contributed by atoms with E-state index in [1.165, 1.54) is 0 Å². The number of aliphatic hydroxyl groups is 1. The van der Waals surface area contributed by atoms with Gasteiger partial charge in [-0.3, -0.25) is 0 Å². The molecule has 0 radical (unpaired) electrons. The Balaban J connectivity index is 2.49. The minimum Gasteiger partial charge on any atom is -0.396 e. The van der Waals surface area contributed by atoms with Gasteiger partial charge in [-0.2, -0.15) is 0 Å². The number of hydrogen-bond acceptors (Lipinski definition) is 4. The Morgan fingerprint density at radius 3 is 2.80 bits per heavy atom. The van der Waals surface area contributed by atoms with E-state index in [1.54, 1.807) is 7.11 Å². The van der Waals surface area contributed by atoms with E-state index in [0.717, 1.165) is 13.0 Å². The summed E-state index contributed by atoms with van der Waals surface area (Å²) in [5.41, 5.74) is -0.157. The highest BCUT2D eigenvalue weighted by molar-refractivity contribution is 4.90. The Hall–Kier alpha value is -0.160. The quantitative estimate of drug-likeness (QED) is 0.682. The van der Waals surface area contributed by atoms with Crippen LogP contribution in [0.15, 0.2) is 0 Å². The van der Waals surface area contributed by atoms with E-state index in [4.69, 9.17) is 14.6 Å². The lowest BCUT2D eigenvalue weighted by Gasteiger charge is -2.33. The second-order valence-corrected chi connectivity index (χ2v) is 4.58. The van der Waals surface area contributed by atoms with E-state index >= 15 is 0 Å². The summed E-state index contributed by atoms with van der Waals surface area (Å²) in [6.07, 6.45) is 1.98. The molecule has 1 fully saturated rings. The molecule has 0 aliphatic carbocycles. The predicted octanol–water partition coefficient (Wildman–Crippen LogP) is 0.541. The van der Waals surface area contributed by atoms with Gasteiger partial charge in [-0.25, -0.2) is 0 Å². The molecule has 0 spiro atoms. The molecular weight excluding hydrogens is 194 g/mol. The van der Waals surface area contributed by atoms with Crippen LogP contribution >= 0.6 is 0 Å². The van der Waals surface area contributed by atoms with E-state index in [1.807, 2.05) is 0 Å². The lowest BCUT2D eigenvalue weighted by molar-refractivity contribution is 0.0691. The normalized spacial score (nSPS) is 30.4. The first kappa shape index (κ1) is 12.9. The van der Waals surface area contributed by atoms with Crippen molar-refractivity contribution in [1.82, 2.24) is 5.32 Å². The van der Waals surface area contributed by atoms with E-state index in [-0.39, 0.29) is 18.2 Å². The third-order valence-electron chi connectivity index (χ3n) is 3.04. The molecule has 3 unspecified atom stereocenters. The molecule has 0 saturated carbocycles. The van der Waals surface area contributed by atoms with Crippen molar-refractivity contribution in [3.63, 3.8) is 0 Å². The average molecular weight is 217 g/mol. The van der Waals surface area contributed by atoms with E-state index in [9.17, 15) is 0 Å². The van der Waals surface area contributed by atoms with Crippen LogP contribution in [0.2, 0.25) is 0 Å². The van der Waals surface area contributed by atoms with Crippen molar-refractivity contribution in [2.24, 2.45) is 0 Å². The van der Waals surface area contributed by atoms with Crippen molar-refractivity contribution in [2.75, 3.05) is 26.9 Å². The van der Waals surface area contributed by atoms with Crippen molar-refractivity contribution in [3.05, 3.63) is 0 Å². The second kappa shape index (κ2) is 5.80. The molecule has 1 heterocycles. The molecule has 15 heavy (non-hydrogen) atoms. The van der Waals surface area contributed by atoms with Crippen LogP contribution in [-0.2, 0) is 9.47 Å². The van der Waals surface area contributed by atoms with Crippen molar-refractivity contribution < 1.29 is 14.6 Å². The molecule has 2 N–H and O–H groups in total. The summed E-state index contributed by atoms with van der Waals surface area (Å²) in [5.74, 6) is 0. The van der Waals surface area contributed by atoms with Gasteiger partial charge in [0.1, 0.15) is 0 Å². The van der Waals surface area contributed by atoms with Crippen LogP contribution < -0.4 is 5.32 Å². The highest BCUT2D eigenvalue weighted by Crippen LogP contribution is 2.18. The molecular formula is C11H23NO3. The van der Waals surface area contributed by atoms with Gasteiger partial charge in [-0.05, 0) is 26.7 Å². The SMILES string of the molecule is COCC(C)(CCO)NC1CCOC1C. The fourth-order valence-electron chi connectivity index (χ4n) is 2.12. The van der Waals surface area contributed by atoms with E-state index < -0.39 is 0 Å². The summed E-state index contributed by atoms with van der Waals surface area (Å²) in [6, 6.07) is 0.372. The summed E-state index contributed by atoms with van der Waals surface area (Å²) < 4.78 is 10.7. The van der Waals surface area contributed by atoms with Crippen LogP contribution in [-0.4, -0.2) is 49.7 Å². The number of nitrogens with one attached hydrogen (secondary N) is 1. The monoisotopic (exact) mass is 217 g/mol.